The quantitative estimate of drug-likeness (QED) is 0.361. The number of pyridine rings is 2. The topological polar surface area (TPSA) is 90.8 Å². The number of benzene rings is 2. The highest BCUT2D eigenvalue weighted by molar-refractivity contribution is 7.94. The predicted molar refractivity (Wildman–Crippen MR) is 126 cm³/mol. The first kappa shape index (κ1) is 20.7. The monoisotopic (exact) mass is 453 g/mol. The largest absolute Gasteiger partial charge is 0.425 e. The summed E-state index contributed by atoms with van der Waals surface area (Å²) in [6.45, 7) is 1.90. The van der Waals surface area contributed by atoms with Crippen LogP contribution in [0.15, 0.2) is 102 Å². The Balaban J connectivity index is 1.59. The third-order valence-corrected chi connectivity index (χ3v) is 6.43. The maximum Gasteiger partial charge on any atom is 0.327 e. The molecule has 8 heteroatoms. The van der Waals surface area contributed by atoms with Crippen LogP contribution in [0, 0.1) is 6.92 Å². The van der Waals surface area contributed by atoms with Crippen molar-refractivity contribution in [3.63, 3.8) is 0 Å². The lowest BCUT2D eigenvalue weighted by Gasteiger charge is -2.16. The van der Waals surface area contributed by atoms with Gasteiger partial charge in [-0.15, -0.1) is 0 Å². The molecule has 0 amide bonds. The van der Waals surface area contributed by atoms with Crippen LogP contribution in [0.1, 0.15) is 5.56 Å². The summed E-state index contributed by atoms with van der Waals surface area (Å²) in [4.78, 5) is 13.3. The van der Waals surface area contributed by atoms with Crippen molar-refractivity contribution < 1.29 is 13.0 Å². The van der Waals surface area contributed by atoms with Crippen LogP contribution < -0.4 is 4.57 Å². The van der Waals surface area contributed by atoms with Gasteiger partial charge in [0, 0.05) is 23.7 Å². The van der Waals surface area contributed by atoms with Crippen LogP contribution >= 0.6 is 0 Å². The Labute approximate surface area is 191 Å². The second-order valence-electron chi connectivity index (χ2n) is 7.47. The molecule has 0 bridgehead atoms. The molecule has 0 saturated carbocycles. The van der Waals surface area contributed by atoms with Crippen molar-refractivity contribution >= 4 is 26.9 Å². The number of hydrogen-bond donors (Lipinski definition) is 0. The van der Waals surface area contributed by atoms with Crippen LogP contribution in [0.3, 0.4) is 0 Å². The van der Waals surface area contributed by atoms with Crippen LogP contribution in [-0.4, -0.2) is 23.4 Å². The number of para-hydroxylation sites is 2. The molecule has 0 atom stereocenters. The van der Waals surface area contributed by atoms with Crippen LogP contribution in [0.4, 0.5) is 5.82 Å². The molecule has 0 spiro atoms. The molecule has 0 aliphatic rings. The third-order valence-electron chi connectivity index (χ3n) is 5.15. The Morgan fingerprint density at radius 1 is 0.758 bits per heavy atom. The number of fused-ring (bicyclic) bond motifs is 1. The SMILES string of the molecule is Cc1ccc(S(=O)(=O)[N-]c2nc3ccccc3nc2-[n+]2ccc(-c3ccncc3)cc2)cc1. The molecule has 2 aromatic carbocycles. The molecule has 0 radical (unpaired) electrons. The van der Waals surface area contributed by atoms with Gasteiger partial charge in [-0.05, 0) is 65.5 Å². The molecular formula is C25H19N5O2S. The van der Waals surface area contributed by atoms with Crippen LogP contribution in [0.2, 0.25) is 0 Å². The van der Waals surface area contributed by atoms with Crippen molar-refractivity contribution in [3.05, 3.63) is 108 Å². The second-order valence-corrected chi connectivity index (χ2v) is 9.07. The normalized spacial score (nSPS) is 11.4. The Bertz CT molecular complexity index is 1540. The Hall–Kier alpha value is -4.17. The zero-order valence-electron chi connectivity index (χ0n) is 17.7. The van der Waals surface area contributed by atoms with Crippen molar-refractivity contribution in [1.29, 1.82) is 0 Å². The molecule has 3 heterocycles. The van der Waals surface area contributed by atoms with E-state index in [1.807, 2.05) is 61.8 Å². The van der Waals surface area contributed by atoms with Gasteiger partial charge in [-0.1, -0.05) is 35.9 Å². The van der Waals surface area contributed by atoms with Gasteiger partial charge in [0.05, 0.1) is 17.3 Å². The van der Waals surface area contributed by atoms with Gasteiger partial charge in [0.15, 0.2) is 5.52 Å². The van der Waals surface area contributed by atoms with E-state index in [4.69, 9.17) is 0 Å². The number of aryl methyl sites for hydroxylation is 1. The van der Waals surface area contributed by atoms with Gasteiger partial charge in [-0.3, -0.25) is 4.98 Å². The van der Waals surface area contributed by atoms with Gasteiger partial charge < -0.3 is 9.71 Å². The Kier molecular flexibility index (Phi) is 5.27. The van der Waals surface area contributed by atoms with Gasteiger partial charge >= 0.3 is 5.82 Å². The average molecular weight is 454 g/mol. The lowest BCUT2D eigenvalue weighted by Crippen LogP contribution is -2.31. The molecule has 0 aliphatic heterocycles. The van der Waals surface area contributed by atoms with E-state index in [1.54, 1.807) is 47.3 Å². The Morgan fingerprint density at radius 3 is 2.03 bits per heavy atom. The summed E-state index contributed by atoms with van der Waals surface area (Å²) in [5.41, 5.74) is 4.18. The maximum absolute atomic E-state index is 13.0. The zero-order valence-corrected chi connectivity index (χ0v) is 18.5. The van der Waals surface area contributed by atoms with Crippen molar-refractivity contribution in [2.45, 2.75) is 11.8 Å². The van der Waals surface area contributed by atoms with Crippen molar-refractivity contribution in [2.24, 2.45) is 0 Å². The van der Waals surface area contributed by atoms with Gasteiger partial charge in [-0.25, -0.2) is 13.0 Å². The van der Waals surface area contributed by atoms with E-state index in [0.29, 0.717) is 16.9 Å². The molecule has 0 unspecified atom stereocenters. The van der Waals surface area contributed by atoms with E-state index in [9.17, 15) is 8.42 Å². The lowest BCUT2D eigenvalue weighted by atomic mass is 10.1. The highest BCUT2D eigenvalue weighted by Crippen LogP contribution is 2.30. The second kappa shape index (κ2) is 8.40. The van der Waals surface area contributed by atoms with E-state index in [2.05, 4.69) is 19.7 Å². The lowest BCUT2D eigenvalue weighted by molar-refractivity contribution is -0.598. The first-order valence-electron chi connectivity index (χ1n) is 10.2. The first-order chi connectivity index (χ1) is 16.0. The van der Waals surface area contributed by atoms with E-state index in [-0.39, 0.29) is 10.7 Å². The summed E-state index contributed by atoms with van der Waals surface area (Å²) < 4.78 is 31.8. The van der Waals surface area contributed by atoms with Crippen molar-refractivity contribution in [2.75, 3.05) is 0 Å². The molecule has 162 valence electrons. The van der Waals surface area contributed by atoms with Crippen LogP contribution in [0.25, 0.3) is 32.7 Å². The number of aromatic nitrogens is 4. The van der Waals surface area contributed by atoms with Gasteiger partial charge in [-0.2, -0.15) is 0 Å². The fourth-order valence-electron chi connectivity index (χ4n) is 3.40. The molecule has 5 rings (SSSR count). The number of rotatable bonds is 5. The molecule has 5 aromatic rings. The van der Waals surface area contributed by atoms with E-state index < -0.39 is 10.0 Å². The fourth-order valence-corrected chi connectivity index (χ4v) is 4.33. The standard InChI is InChI=1S/C25H19N5O2S/c1-18-6-8-21(9-7-18)33(31,32)29-24-25(28-23-5-3-2-4-22(23)27-24)30-16-12-20(13-17-30)19-10-14-26-15-11-19/h2-17H,1H3. The minimum absolute atomic E-state index is 0.0240. The Morgan fingerprint density at radius 2 is 1.36 bits per heavy atom. The predicted octanol–water partition coefficient (Wildman–Crippen LogP) is 4.67. The fraction of sp³-hybridized carbons (Fsp3) is 0.0400. The summed E-state index contributed by atoms with van der Waals surface area (Å²) in [7, 11) is -3.98. The summed E-state index contributed by atoms with van der Waals surface area (Å²) in [5.74, 6) is 0.349. The molecule has 7 nitrogen and oxygen atoms in total. The van der Waals surface area contributed by atoms with Crippen LogP contribution in [-0.2, 0) is 10.0 Å². The molecule has 33 heavy (non-hydrogen) atoms. The molecule has 0 saturated heterocycles. The average Bonchev–Trinajstić information content (AvgIpc) is 2.84. The smallest absolute Gasteiger partial charge is 0.327 e. The van der Waals surface area contributed by atoms with Gasteiger partial charge in [0.1, 0.15) is 0 Å². The molecule has 0 N–H and O–H groups in total. The van der Waals surface area contributed by atoms with E-state index in [0.717, 1.165) is 16.7 Å². The summed E-state index contributed by atoms with van der Waals surface area (Å²) >= 11 is 0. The highest BCUT2D eigenvalue weighted by Gasteiger charge is 2.18. The van der Waals surface area contributed by atoms with Gasteiger partial charge in [0.2, 0.25) is 10.0 Å². The third kappa shape index (κ3) is 4.28. The van der Waals surface area contributed by atoms with E-state index >= 15 is 0 Å². The first-order valence-corrected chi connectivity index (χ1v) is 11.7. The van der Waals surface area contributed by atoms with Crippen molar-refractivity contribution in [1.82, 2.24) is 15.0 Å². The highest BCUT2D eigenvalue weighted by atomic mass is 32.2. The number of sulfonamides is 1. The number of nitrogens with zero attached hydrogens (tertiary/aromatic N) is 5. The van der Waals surface area contributed by atoms with Crippen molar-refractivity contribution in [3.8, 4) is 16.9 Å². The molecule has 0 aliphatic carbocycles. The number of hydrogen-bond acceptors (Lipinski definition) is 5. The summed E-state index contributed by atoms with van der Waals surface area (Å²) in [6.07, 6.45) is 7.09. The van der Waals surface area contributed by atoms with Crippen LogP contribution in [0.5, 0.6) is 0 Å². The summed E-state index contributed by atoms with van der Waals surface area (Å²) in [5, 5.41) is 0. The molecular weight excluding hydrogens is 434 g/mol. The van der Waals surface area contributed by atoms with Gasteiger partial charge in [0.25, 0.3) is 0 Å². The van der Waals surface area contributed by atoms with E-state index in [1.165, 1.54) is 0 Å². The zero-order chi connectivity index (χ0) is 22.8. The molecule has 3 aromatic heterocycles. The minimum atomic E-state index is -3.98. The minimum Gasteiger partial charge on any atom is -0.425 e. The summed E-state index contributed by atoms with van der Waals surface area (Å²) in [6, 6.07) is 21.5. The molecule has 0 fully saturated rings. The maximum atomic E-state index is 13.0.